The van der Waals surface area contributed by atoms with Crippen molar-refractivity contribution in [1.29, 1.82) is 0 Å². The fourth-order valence-corrected chi connectivity index (χ4v) is 2.99. The average Bonchev–Trinajstić information content (AvgIpc) is 2.19. The topological polar surface area (TPSA) is 34.1 Å². The van der Waals surface area contributed by atoms with Crippen LogP contribution in [0, 0.1) is 6.92 Å². The molecule has 0 unspecified atom stereocenters. The third kappa shape index (κ3) is 6.40. The molecule has 0 aliphatic rings. The minimum absolute atomic E-state index is 0.0724. The van der Waals surface area contributed by atoms with E-state index in [0.29, 0.717) is 6.42 Å². The van der Waals surface area contributed by atoms with Gasteiger partial charge in [-0.15, -0.1) is 11.8 Å². The zero-order chi connectivity index (χ0) is 12.0. The van der Waals surface area contributed by atoms with E-state index in [4.69, 9.17) is 10.7 Å². The standard InChI is InChI=1S/C11H15ClO2S2/c1-10-4-6-11(7-5-10)15-8-2-3-9-16(12,13)14/h4-7H,2-3,8-9H2,1H3. The fourth-order valence-electron chi connectivity index (χ4n) is 1.20. The Morgan fingerprint density at radius 3 is 2.38 bits per heavy atom. The molecule has 1 aromatic rings. The van der Waals surface area contributed by atoms with Gasteiger partial charge in [0.15, 0.2) is 0 Å². The molecule has 2 nitrogen and oxygen atoms in total. The number of benzene rings is 1. The summed E-state index contributed by atoms with van der Waals surface area (Å²) in [4.78, 5) is 1.22. The second-order valence-corrected chi connectivity index (χ2v) is 7.68. The van der Waals surface area contributed by atoms with Crippen LogP contribution in [-0.4, -0.2) is 19.9 Å². The van der Waals surface area contributed by atoms with Gasteiger partial charge in [0.05, 0.1) is 5.75 Å². The van der Waals surface area contributed by atoms with Gasteiger partial charge in [0.2, 0.25) is 9.05 Å². The highest BCUT2D eigenvalue weighted by Gasteiger charge is 2.03. The van der Waals surface area contributed by atoms with Gasteiger partial charge in [0.25, 0.3) is 0 Å². The van der Waals surface area contributed by atoms with Crippen molar-refractivity contribution in [3.05, 3.63) is 29.8 Å². The van der Waals surface area contributed by atoms with Gasteiger partial charge in [-0.1, -0.05) is 17.7 Å². The van der Waals surface area contributed by atoms with Crippen molar-refractivity contribution >= 4 is 31.5 Å². The van der Waals surface area contributed by atoms with Gasteiger partial charge < -0.3 is 0 Å². The van der Waals surface area contributed by atoms with Crippen molar-refractivity contribution in [3.63, 3.8) is 0 Å². The lowest BCUT2D eigenvalue weighted by Gasteiger charge is -2.01. The smallest absolute Gasteiger partial charge is 0.212 e. The second kappa shape index (κ2) is 6.52. The molecule has 0 aliphatic carbocycles. The van der Waals surface area contributed by atoms with Crippen LogP contribution in [0.25, 0.3) is 0 Å². The molecule has 1 aromatic carbocycles. The van der Waals surface area contributed by atoms with Crippen LogP contribution in [0.3, 0.4) is 0 Å². The van der Waals surface area contributed by atoms with Crippen LogP contribution in [0.15, 0.2) is 29.2 Å². The lowest BCUT2D eigenvalue weighted by atomic mass is 10.2. The van der Waals surface area contributed by atoms with Crippen molar-refractivity contribution in [2.24, 2.45) is 0 Å². The van der Waals surface area contributed by atoms with Crippen LogP contribution < -0.4 is 0 Å². The van der Waals surface area contributed by atoms with Crippen LogP contribution in [-0.2, 0) is 9.05 Å². The Morgan fingerprint density at radius 1 is 1.19 bits per heavy atom. The summed E-state index contributed by atoms with van der Waals surface area (Å²) in [6, 6.07) is 8.31. The molecule has 90 valence electrons. The zero-order valence-electron chi connectivity index (χ0n) is 9.15. The maximum Gasteiger partial charge on any atom is 0.232 e. The van der Waals surface area contributed by atoms with Crippen LogP contribution in [0.5, 0.6) is 0 Å². The van der Waals surface area contributed by atoms with Crippen LogP contribution in [0.2, 0.25) is 0 Å². The van der Waals surface area contributed by atoms with Gasteiger partial charge in [-0.25, -0.2) is 8.42 Å². The van der Waals surface area contributed by atoms with E-state index in [2.05, 4.69) is 31.2 Å². The predicted molar refractivity (Wildman–Crippen MR) is 70.8 cm³/mol. The van der Waals surface area contributed by atoms with E-state index in [-0.39, 0.29) is 5.75 Å². The molecule has 0 fully saturated rings. The van der Waals surface area contributed by atoms with Gasteiger partial charge in [-0.2, -0.15) is 0 Å². The van der Waals surface area contributed by atoms with Gasteiger partial charge in [-0.05, 0) is 37.7 Å². The molecule has 0 saturated carbocycles. The number of halogens is 1. The number of rotatable bonds is 6. The molecule has 0 saturated heterocycles. The highest BCUT2D eigenvalue weighted by Crippen LogP contribution is 2.19. The summed E-state index contributed by atoms with van der Waals surface area (Å²) < 4.78 is 21.3. The largest absolute Gasteiger partial charge is 0.232 e. The molecule has 0 radical (unpaired) electrons. The van der Waals surface area contributed by atoms with Crippen molar-refractivity contribution in [2.75, 3.05) is 11.5 Å². The van der Waals surface area contributed by atoms with E-state index in [9.17, 15) is 8.42 Å². The maximum atomic E-state index is 10.7. The van der Waals surface area contributed by atoms with Gasteiger partial charge in [0.1, 0.15) is 0 Å². The van der Waals surface area contributed by atoms with E-state index < -0.39 is 9.05 Å². The lowest BCUT2D eigenvalue weighted by molar-refractivity contribution is 0.606. The molecule has 1 rings (SSSR count). The number of hydrogen-bond acceptors (Lipinski definition) is 3. The monoisotopic (exact) mass is 278 g/mol. The van der Waals surface area contributed by atoms with Crippen LogP contribution in [0.1, 0.15) is 18.4 Å². The first-order valence-corrected chi connectivity index (χ1v) is 8.55. The molecule has 0 N–H and O–H groups in total. The molecular weight excluding hydrogens is 264 g/mol. The SMILES string of the molecule is Cc1ccc(SCCCCS(=O)(=O)Cl)cc1. The lowest BCUT2D eigenvalue weighted by Crippen LogP contribution is -1.97. The van der Waals surface area contributed by atoms with E-state index >= 15 is 0 Å². The Hall–Kier alpha value is -0.190. The van der Waals surface area contributed by atoms with Gasteiger partial charge >= 0.3 is 0 Å². The van der Waals surface area contributed by atoms with E-state index in [1.165, 1.54) is 10.5 Å². The van der Waals surface area contributed by atoms with Crippen molar-refractivity contribution in [3.8, 4) is 0 Å². The molecule has 0 aliphatic heterocycles. The molecule has 0 heterocycles. The Balaban J connectivity index is 2.19. The minimum Gasteiger partial charge on any atom is -0.212 e. The fraction of sp³-hybridized carbons (Fsp3) is 0.455. The third-order valence-electron chi connectivity index (χ3n) is 2.07. The Kier molecular flexibility index (Phi) is 5.66. The van der Waals surface area contributed by atoms with E-state index in [0.717, 1.165) is 12.2 Å². The maximum absolute atomic E-state index is 10.7. The summed E-state index contributed by atoms with van der Waals surface area (Å²) in [5, 5.41) is 0. The molecule has 0 bridgehead atoms. The molecule has 0 spiro atoms. The van der Waals surface area contributed by atoms with Crippen molar-refractivity contribution in [2.45, 2.75) is 24.7 Å². The Morgan fingerprint density at radius 2 is 1.81 bits per heavy atom. The van der Waals surface area contributed by atoms with E-state index in [1.807, 2.05) is 0 Å². The highest BCUT2D eigenvalue weighted by atomic mass is 35.7. The van der Waals surface area contributed by atoms with Gasteiger partial charge in [-0.3, -0.25) is 0 Å². The number of unbranched alkanes of at least 4 members (excludes halogenated alkanes) is 1. The van der Waals surface area contributed by atoms with Crippen LogP contribution >= 0.6 is 22.4 Å². The number of aryl methyl sites for hydroxylation is 1. The predicted octanol–water partition coefficient (Wildman–Crippen LogP) is 3.44. The normalized spacial score (nSPS) is 11.6. The van der Waals surface area contributed by atoms with Crippen molar-refractivity contribution in [1.82, 2.24) is 0 Å². The molecule has 16 heavy (non-hydrogen) atoms. The average molecular weight is 279 g/mol. The van der Waals surface area contributed by atoms with Crippen LogP contribution in [0.4, 0.5) is 0 Å². The first-order chi connectivity index (χ1) is 7.47. The summed E-state index contributed by atoms with van der Waals surface area (Å²) in [7, 11) is 1.80. The summed E-state index contributed by atoms with van der Waals surface area (Å²) in [5.74, 6) is 0.998. The summed E-state index contributed by atoms with van der Waals surface area (Å²) >= 11 is 1.74. The zero-order valence-corrected chi connectivity index (χ0v) is 11.5. The molecule has 0 aromatic heterocycles. The van der Waals surface area contributed by atoms with Gasteiger partial charge in [0, 0.05) is 15.6 Å². The molecular formula is C11H15ClO2S2. The third-order valence-corrected chi connectivity index (χ3v) is 4.41. The van der Waals surface area contributed by atoms with E-state index in [1.54, 1.807) is 11.8 Å². The Bertz CT molecular complexity index is 412. The first kappa shape index (κ1) is 13.9. The summed E-state index contributed by atoms with van der Waals surface area (Å²) in [5.41, 5.74) is 1.25. The first-order valence-electron chi connectivity index (χ1n) is 5.09. The molecule has 0 atom stereocenters. The minimum atomic E-state index is -3.31. The Labute approximate surface area is 106 Å². The molecule has 0 amide bonds. The summed E-state index contributed by atoms with van der Waals surface area (Å²) in [6.45, 7) is 2.06. The number of hydrogen-bond donors (Lipinski definition) is 0. The summed E-state index contributed by atoms with van der Waals surface area (Å²) in [6.07, 6.45) is 1.50. The number of thioether (sulfide) groups is 1. The quantitative estimate of drug-likeness (QED) is 0.454. The second-order valence-electron chi connectivity index (χ2n) is 3.61. The highest BCUT2D eigenvalue weighted by molar-refractivity contribution is 8.13. The van der Waals surface area contributed by atoms with Crippen molar-refractivity contribution < 1.29 is 8.42 Å². The molecule has 5 heteroatoms.